The number of non-ortho nitro benzene ring substituents is 1. The summed E-state index contributed by atoms with van der Waals surface area (Å²) >= 11 is 0. The quantitative estimate of drug-likeness (QED) is 0.225. The molecule has 0 fully saturated rings. The van der Waals surface area contributed by atoms with Gasteiger partial charge in [0, 0.05) is 49.7 Å². The van der Waals surface area contributed by atoms with Crippen molar-refractivity contribution in [2.45, 2.75) is 45.3 Å². The van der Waals surface area contributed by atoms with E-state index in [1.54, 1.807) is 24.7 Å². The lowest BCUT2D eigenvalue weighted by Crippen LogP contribution is -2.42. The monoisotopic (exact) mass is 485 g/mol. The van der Waals surface area contributed by atoms with Gasteiger partial charge in [-0.2, -0.15) is 0 Å². The Kier molecular flexibility index (Phi) is 8.41. The van der Waals surface area contributed by atoms with Crippen LogP contribution in [-0.2, 0) is 24.3 Å². The van der Waals surface area contributed by atoms with Crippen molar-refractivity contribution in [3.63, 3.8) is 0 Å². The molecule has 3 aromatic carbocycles. The van der Waals surface area contributed by atoms with Gasteiger partial charge in [-0.25, -0.2) is 4.98 Å². The number of nitrogens with one attached hydrogen (secondary N) is 2. The Morgan fingerprint density at radius 3 is 2.64 bits per heavy atom. The van der Waals surface area contributed by atoms with Crippen molar-refractivity contribution < 1.29 is 9.72 Å². The first kappa shape index (κ1) is 25.1. The van der Waals surface area contributed by atoms with E-state index in [1.807, 2.05) is 10.6 Å². The highest BCUT2D eigenvalue weighted by Crippen LogP contribution is 2.18. The van der Waals surface area contributed by atoms with Gasteiger partial charge in [0.1, 0.15) is 0 Å². The molecule has 4 aromatic rings. The van der Waals surface area contributed by atoms with Crippen molar-refractivity contribution >= 4 is 22.4 Å². The molecule has 0 spiro atoms. The standard InChI is InChI=1S/C28H31N5O3/c1-2-6-24(17-29-16-23-9-5-8-22-7-3-4-10-27(22)23)31-28(34)15-26-18-30-20-32(26)19-21-11-13-25(14-12-21)33(35)36/h3-5,7-14,18,20,24,29H,2,6,15-17,19H2,1H3,(H,31,34)/t24-/m0/s1. The van der Waals surface area contributed by atoms with Gasteiger partial charge in [0.2, 0.25) is 5.91 Å². The molecule has 0 aliphatic rings. The topological polar surface area (TPSA) is 102 Å². The number of carbonyl (C=O) groups is 1. The Morgan fingerprint density at radius 2 is 1.86 bits per heavy atom. The molecule has 8 heteroatoms. The molecule has 186 valence electrons. The number of hydrogen-bond acceptors (Lipinski definition) is 5. The lowest BCUT2D eigenvalue weighted by atomic mass is 10.0. The van der Waals surface area contributed by atoms with E-state index in [-0.39, 0.29) is 24.1 Å². The van der Waals surface area contributed by atoms with Crippen molar-refractivity contribution in [1.29, 1.82) is 0 Å². The number of benzene rings is 3. The molecule has 36 heavy (non-hydrogen) atoms. The average molecular weight is 486 g/mol. The highest BCUT2D eigenvalue weighted by molar-refractivity contribution is 5.85. The van der Waals surface area contributed by atoms with E-state index in [0.29, 0.717) is 13.1 Å². The van der Waals surface area contributed by atoms with Crippen LogP contribution in [0.15, 0.2) is 79.3 Å². The van der Waals surface area contributed by atoms with Crippen LogP contribution < -0.4 is 10.6 Å². The summed E-state index contributed by atoms with van der Waals surface area (Å²) in [6.07, 6.45) is 5.45. The largest absolute Gasteiger partial charge is 0.352 e. The first-order chi connectivity index (χ1) is 17.5. The number of nitro benzene ring substituents is 1. The Bertz CT molecular complexity index is 1310. The molecule has 0 saturated heterocycles. The third-order valence-electron chi connectivity index (χ3n) is 6.23. The van der Waals surface area contributed by atoms with Crippen LogP contribution in [0.4, 0.5) is 5.69 Å². The number of rotatable bonds is 12. The molecule has 0 saturated carbocycles. The van der Waals surface area contributed by atoms with E-state index < -0.39 is 4.92 Å². The fraction of sp³-hybridized carbons (Fsp3) is 0.286. The molecule has 0 radical (unpaired) electrons. The van der Waals surface area contributed by atoms with Gasteiger partial charge in [-0.15, -0.1) is 0 Å². The third-order valence-corrected chi connectivity index (χ3v) is 6.23. The summed E-state index contributed by atoms with van der Waals surface area (Å²) in [5, 5.41) is 20.0. The second-order valence-corrected chi connectivity index (χ2v) is 8.94. The maximum atomic E-state index is 12.9. The van der Waals surface area contributed by atoms with Gasteiger partial charge in [0.15, 0.2) is 0 Å². The van der Waals surface area contributed by atoms with Crippen molar-refractivity contribution in [1.82, 2.24) is 20.2 Å². The lowest BCUT2D eigenvalue weighted by molar-refractivity contribution is -0.384. The minimum atomic E-state index is -0.416. The second-order valence-electron chi connectivity index (χ2n) is 8.94. The number of amides is 1. The molecule has 8 nitrogen and oxygen atoms in total. The average Bonchev–Trinajstić information content (AvgIpc) is 3.30. The van der Waals surface area contributed by atoms with E-state index >= 15 is 0 Å². The Morgan fingerprint density at radius 1 is 1.08 bits per heavy atom. The molecular weight excluding hydrogens is 454 g/mol. The van der Waals surface area contributed by atoms with Crippen LogP contribution in [-0.4, -0.2) is 33.0 Å². The Balaban J connectivity index is 1.32. The predicted octanol–water partition coefficient (Wildman–Crippen LogP) is 4.61. The smallest absolute Gasteiger partial charge is 0.269 e. The molecule has 0 bridgehead atoms. The number of nitrogens with zero attached hydrogens (tertiary/aromatic N) is 3. The van der Waals surface area contributed by atoms with Crippen molar-refractivity contribution in [3.8, 4) is 0 Å². The summed E-state index contributed by atoms with van der Waals surface area (Å²) in [5.74, 6) is -0.0501. The molecular formula is C28H31N5O3. The first-order valence-electron chi connectivity index (χ1n) is 12.2. The highest BCUT2D eigenvalue weighted by Gasteiger charge is 2.15. The molecule has 1 atom stereocenters. The number of fused-ring (bicyclic) bond motifs is 1. The summed E-state index contributed by atoms with van der Waals surface area (Å²) in [7, 11) is 0. The third kappa shape index (κ3) is 6.55. The molecule has 0 unspecified atom stereocenters. The zero-order valence-corrected chi connectivity index (χ0v) is 20.4. The summed E-state index contributed by atoms with van der Waals surface area (Å²) < 4.78 is 1.90. The van der Waals surface area contributed by atoms with E-state index in [9.17, 15) is 14.9 Å². The van der Waals surface area contributed by atoms with Crippen LogP contribution in [0.25, 0.3) is 10.8 Å². The fourth-order valence-corrected chi connectivity index (χ4v) is 4.40. The molecule has 2 N–H and O–H groups in total. The minimum absolute atomic E-state index is 0.0310. The van der Waals surface area contributed by atoms with Crippen LogP contribution >= 0.6 is 0 Å². The van der Waals surface area contributed by atoms with Gasteiger partial charge in [-0.1, -0.05) is 67.9 Å². The van der Waals surface area contributed by atoms with Crippen molar-refractivity contribution in [2.75, 3.05) is 6.54 Å². The Labute approximate surface area is 210 Å². The molecule has 1 amide bonds. The predicted molar refractivity (Wildman–Crippen MR) is 141 cm³/mol. The lowest BCUT2D eigenvalue weighted by Gasteiger charge is -2.19. The fourth-order valence-electron chi connectivity index (χ4n) is 4.40. The van der Waals surface area contributed by atoms with Crippen LogP contribution in [0.1, 0.15) is 36.6 Å². The molecule has 0 aliphatic heterocycles. The van der Waals surface area contributed by atoms with Crippen LogP contribution in [0.3, 0.4) is 0 Å². The number of hydrogen-bond donors (Lipinski definition) is 2. The van der Waals surface area contributed by atoms with Crippen molar-refractivity contribution in [3.05, 3.63) is 106 Å². The highest BCUT2D eigenvalue weighted by atomic mass is 16.6. The summed E-state index contributed by atoms with van der Waals surface area (Å²) in [4.78, 5) is 27.5. The molecule has 1 aromatic heterocycles. The van der Waals surface area contributed by atoms with E-state index in [1.165, 1.54) is 28.5 Å². The molecule has 4 rings (SSSR count). The number of aromatic nitrogens is 2. The maximum absolute atomic E-state index is 12.9. The van der Waals surface area contributed by atoms with Gasteiger partial charge in [-0.3, -0.25) is 14.9 Å². The van der Waals surface area contributed by atoms with Crippen LogP contribution in [0.5, 0.6) is 0 Å². The van der Waals surface area contributed by atoms with E-state index in [2.05, 4.69) is 58.9 Å². The first-order valence-corrected chi connectivity index (χ1v) is 12.2. The van der Waals surface area contributed by atoms with Crippen LogP contribution in [0, 0.1) is 10.1 Å². The van der Waals surface area contributed by atoms with E-state index in [4.69, 9.17) is 0 Å². The van der Waals surface area contributed by atoms with Gasteiger partial charge in [-0.05, 0) is 28.3 Å². The zero-order chi connectivity index (χ0) is 25.3. The zero-order valence-electron chi connectivity index (χ0n) is 20.4. The number of carbonyl (C=O) groups excluding carboxylic acids is 1. The minimum Gasteiger partial charge on any atom is -0.352 e. The summed E-state index contributed by atoms with van der Waals surface area (Å²) in [6, 6.07) is 21.1. The number of imidazole rings is 1. The van der Waals surface area contributed by atoms with Gasteiger partial charge >= 0.3 is 0 Å². The van der Waals surface area contributed by atoms with Gasteiger partial charge in [0.25, 0.3) is 5.69 Å². The summed E-state index contributed by atoms with van der Waals surface area (Å²) in [6.45, 7) is 4.03. The Hall–Kier alpha value is -4.04. The van der Waals surface area contributed by atoms with Gasteiger partial charge < -0.3 is 15.2 Å². The summed E-state index contributed by atoms with van der Waals surface area (Å²) in [5.41, 5.74) is 3.00. The second kappa shape index (κ2) is 12.1. The molecule has 0 aliphatic carbocycles. The van der Waals surface area contributed by atoms with Crippen LogP contribution in [0.2, 0.25) is 0 Å². The molecule has 1 heterocycles. The van der Waals surface area contributed by atoms with Crippen molar-refractivity contribution in [2.24, 2.45) is 0 Å². The number of nitro groups is 1. The maximum Gasteiger partial charge on any atom is 0.269 e. The van der Waals surface area contributed by atoms with Gasteiger partial charge in [0.05, 0.1) is 17.7 Å². The van der Waals surface area contributed by atoms with E-state index in [0.717, 1.165) is 30.6 Å². The SMILES string of the molecule is CCC[C@@H](CNCc1cccc2ccccc12)NC(=O)Cc1cncn1Cc1ccc([N+](=O)[O-])cc1. The normalized spacial score (nSPS) is 11.9.